The van der Waals surface area contributed by atoms with Crippen LogP contribution in [0.2, 0.25) is 0 Å². The number of carbonyl (C=O) groups is 1. The molecule has 2 aromatic rings. The maximum atomic E-state index is 11.7. The number of furan rings is 1. The summed E-state index contributed by atoms with van der Waals surface area (Å²) in [4.78, 5) is 11.7. The highest BCUT2D eigenvalue weighted by atomic mass is 16.3. The zero-order valence-corrected chi connectivity index (χ0v) is 8.36. The molecule has 0 fully saturated rings. The van der Waals surface area contributed by atoms with Gasteiger partial charge < -0.3 is 9.73 Å². The van der Waals surface area contributed by atoms with E-state index in [0.717, 1.165) is 11.4 Å². The quantitative estimate of drug-likeness (QED) is 0.811. The van der Waals surface area contributed by atoms with Gasteiger partial charge in [-0.25, -0.2) is 0 Å². The van der Waals surface area contributed by atoms with Crippen molar-refractivity contribution in [2.75, 3.05) is 5.32 Å². The Morgan fingerprint density at radius 2 is 2.00 bits per heavy atom. The Hall–Kier alpha value is -2.03. The van der Waals surface area contributed by atoms with Crippen molar-refractivity contribution in [3.8, 4) is 0 Å². The van der Waals surface area contributed by atoms with Crippen molar-refractivity contribution >= 4 is 11.6 Å². The Morgan fingerprint density at radius 1 is 1.27 bits per heavy atom. The van der Waals surface area contributed by atoms with Gasteiger partial charge in [-0.3, -0.25) is 4.79 Å². The summed E-state index contributed by atoms with van der Waals surface area (Å²) in [6.45, 7) is 1.80. The number of rotatable bonds is 2. The summed E-state index contributed by atoms with van der Waals surface area (Å²) in [5.41, 5.74) is 1.32. The number of nitrogens with one attached hydrogen (secondary N) is 1. The van der Waals surface area contributed by atoms with E-state index in [-0.39, 0.29) is 5.91 Å². The third kappa shape index (κ3) is 2.26. The molecule has 0 radical (unpaired) electrons. The molecule has 15 heavy (non-hydrogen) atoms. The third-order valence-electron chi connectivity index (χ3n) is 2.02. The minimum Gasteiger partial charge on any atom is -0.469 e. The number of para-hydroxylation sites is 1. The molecule has 1 N–H and O–H groups in total. The van der Waals surface area contributed by atoms with Crippen LogP contribution in [-0.2, 0) is 0 Å². The minimum atomic E-state index is -0.155. The normalized spacial score (nSPS) is 9.93. The van der Waals surface area contributed by atoms with Gasteiger partial charge >= 0.3 is 0 Å². The zero-order valence-electron chi connectivity index (χ0n) is 8.36. The lowest BCUT2D eigenvalue weighted by Gasteiger charge is -2.01. The number of hydrogen-bond acceptors (Lipinski definition) is 2. The van der Waals surface area contributed by atoms with Gasteiger partial charge in [-0.1, -0.05) is 18.2 Å². The average molecular weight is 201 g/mol. The number of benzene rings is 1. The van der Waals surface area contributed by atoms with E-state index < -0.39 is 0 Å². The fraction of sp³-hybridized carbons (Fsp3) is 0.0833. The highest BCUT2D eigenvalue weighted by Gasteiger charge is 2.07. The second-order valence-electron chi connectivity index (χ2n) is 3.27. The van der Waals surface area contributed by atoms with Crippen molar-refractivity contribution < 1.29 is 9.21 Å². The molecule has 1 amide bonds. The molecule has 0 atom stereocenters. The van der Waals surface area contributed by atoms with Gasteiger partial charge in [0, 0.05) is 5.69 Å². The Morgan fingerprint density at radius 3 is 2.60 bits per heavy atom. The second-order valence-corrected chi connectivity index (χ2v) is 3.27. The van der Waals surface area contributed by atoms with Crippen LogP contribution in [0.25, 0.3) is 0 Å². The molecule has 0 bridgehead atoms. The summed E-state index contributed by atoms with van der Waals surface area (Å²) in [5.74, 6) is 0.575. The lowest BCUT2D eigenvalue weighted by atomic mass is 10.2. The number of anilines is 1. The summed E-state index contributed by atoms with van der Waals surface area (Å²) in [6, 6.07) is 11.0. The van der Waals surface area contributed by atoms with Gasteiger partial charge in [0.25, 0.3) is 5.91 Å². The Bertz CT molecular complexity index is 459. The zero-order chi connectivity index (χ0) is 10.7. The summed E-state index contributed by atoms with van der Waals surface area (Å²) < 4.78 is 5.06. The van der Waals surface area contributed by atoms with Gasteiger partial charge in [0.15, 0.2) is 0 Å². The first-order valence-corrected chi connectivity index (χ1v) is 4.67. The van der Waals surface area contributed by atoms with E-state index in [9.17, 15) is 4.79 Å². The Kier molecular flexibility index (Phi) is 2.54. The van der Waals surface area contributed by atoms with Crippen molar-refractivity contribution in [2.24, 2.45) is 0 Å². The van der Waals surface area contributed by atoms with Crippen molar-refractivity contribution in [2.45, 2.75) is 6.92 Å². The van der Waals surface area contributed by atoms with Crippen LogP contribution in [0.3, 0.4) is 0 Å². The van der Waals surface area contributed by atoms with E-state index in [0.29, 0.717) is 5.56 Å². The fourth-order valence-electron chi connectivity index (χ4n) is 1.29. The van der Waals surface area contributed by atoms with Crippen LogP contribution in [0.15, 0.2) is 47.1 Å². The Labute approximate surface area is 87.7 Å². The van der Waals surface area contributed by atoms with Crippen LogP contribution in [0.5, 0.6) is 0 Å². The predicted molar refractivity (Wildman–Crippen MR) is 57.8 cm³/mol. The molecular formula is C12H11NO2. The molecule has 1 heterocycles. The molecule has 3 nitrogen and oxygen atoms in total. The summed E-state index contributed by atoms with van der Waals surface area (Å²) in [7, 11) is 0. The van der Waals surface area contributed by atoms with Crippen LogP contribution in [-0.4, -0.2) is 5.91 Å². The van der Waals surface area contributed by atoms with E-state index in [2.05, 4.69) is 5.32 Å². The van der Waals surface area contributed by atoms with Crippen LogP contribution in [0.4, 0.5) is 5.69 Å². The number of aryl methyl sites for hydroxylation is 1. The topological polar surface area (TPSA) is 42.2 Å². The smallest absolute Gasteiger partial charge is 0.258 e. The molecule has 2 rings (SSSR count). The van der Waals surface area contributed by atoms with Crippen LogP contribution >= 0.6 is 0 Å². The van der Waals surface area contributed by atoms with Crippen LogP contribution in [0.1, 0.15) is 16.1 Å². The number of hydrogen-bond donors (Lipinski definition) is 1. The van der Waals surface area contributed by atoms with Gasteiger partial charge in [-0.05, 0) is 25.1 Å². The van der Waals surface area contributed by atoms with Crippen molar-refractivity contribution in [1.29, 1.82) is 0 Å². The van der Waals surface area contributed by atoms with E-state index in [4.69, 9.17) is 4.42 Å². The molecule has 3 heteroatoms. The predicted octanol–water partition coefficient (Wildman–Crippen LogP) is 2.84. The van der Waals surface area contributed by atoms with E-state index in [1.54, 1.807) is 13.0 Å². The lowest BCUT2D eigenvalue weighted by Crippen LogP contribution is -2.10. The molecule has 0 unspecified atom stereocenters. The highest BCUT2D eigenvalue weighted by Crippen LogP contribution is 2.10. The highest BCUT2D eigenvalue weighted by molar-refractivity contribution is 6.04. The SMILES string of the molecule is Cc1cc(C(=O)Nc2ccccc2)co1. The first kappa shape index (κ1) is 9.52. The largest absolute Gasteiger partial charge is 0.469 e. The van der Waals surface area contributed by atoms with Crippen molar-refractivity contribution in [3.05, 3.63) is 54.0 Å². The molecule has 0 spiro atoms. The molecule has 0 saturated carbocycles. The van der Waals surface area contributed by atoms with E-state index in [1.165, 1.54) is 6.26 Å². The Balaban J connectivity index is 2.11. The van der Waals surface area contributed by atoms with Gasteiger partial charge in [-0.15, -0.1) is 0 Å². The van der Waals surface area contributed by atoms with Crippen LogP contribution < -0.4 is 5.32 Å². The second kappa shape index (κ2) is 4.00. The molecule has 1 aromatic carbocycles. The molecule has 0 aliphatic carbocycles. The molecular weight excluding hydrogens is 190 g/mol. The average Bonchev–Trinajstić information content (AvgIpc) is 2.66. The van der Waals surface area contributed by atoms with E-state index >= 15 is 0 Å². The lowest BCUT2D eigenvalue weighted by molar-refractivity contribution is 0.102. The van der Waals surface area contributed by atoms with Gasteiger partial charge in [0.2, 0.25) is 0 Å². The summed E-state index contributed by atoms with van der Waals surface area (Å²) >= 11 is 0. The molecule has 0 saturated heterocycles. The van der Waals surface area contributed by atoms with Gasteiger partial charge in [-0.2, -0.15) is 0 Å². The number of amides is 1. The molecule has 1 aromatic heterocycles. The maximum absolute atomic E-state index is 11.7. The first-order chi connectivity index (χ1) is 7.25. The van der Waals surface area contributed by atoms with Crippen molar-refractivity contribution in [3.63, 3.8) is 0 Å². The van der Waals surface area contributed by atoms with Crippen molar-refractivity contribution in [1.82, 2.24) is 0 Å². The molecule has 76 valence electrons. The summed E-state index contributed by atoms with van der Waals surface area (Å²) in [5, 5.41) is 2.77. The number of carbonyl (C=O) groups excluding carboxylic acids is 1. The monoisotopic (exact) mass is 201 g/mol. The summed E-state index contributed by atoms with van der Waals surface area (Å²) in [6.07, 6.45) is 1.45. The molecule has 0 aliphatic rings. The van der Waals surface area contributed by atoms with Gasteiger partial charge in [0.05, 0.1) is 5.56 Å². The fourth-order valence-corrected chi connectivity index (χ4v) is 1.29. The third-order valence-corrected chi connectivity index (χ3v) is 2.02. The van der Waals surface area contributed by atoms with Crippen LogP contribution in [0, 0.1) is 6.92 Å². The molecule has 0 aliphatic heterocycles. The van der Waals surface area contributed by atoms with E-state index in [1.807, 2.05) is 30.3 Å². The maximum Gasteiger partial charge on any atom is 0.258 e. The minimum absolute atomic E-state index is 0.155. The first-order valence-electron chi connectivity index (χ1n) is 4.67. The standard InChI is InChI=1S/C12H11NO2/c1-9-7-10(8-15-9)12(14)13-11-5-3-2-4-6-11/h2-8H,1H3,(H,13,14). The van der Waals surface area contributed by atoms with Gasteiger partial charge in [0.1, 0.15) is 12.0 Å².